The van der Waals surface area contributed by atoms with Crippen molar-refractivity contribution in [2.45, 2.75) is 12.6 Å². The van der Waals surface area contributed by atoms with Crippen LogP contribution in [0.3, 0.4) is 0 Å². The highest BCUT2D eigenvalue weighted by Gasteiger charge is 2.42. The molecule has 0 spiro atoms. The van der Waals surface area contributed by atoms with Crippen molar-refractivity contribution in [3.05, 3.63) is 42.5 Å². The van der Waals surface area contributed by atoms with Gasteiger partial charge in [-0.3, -0.25) is 9.59 Å². The van der Waals surface area contributed by atoms with E-state index in [9.17, 15) is 22.8 Å². The van der Waals surface area contributed by atoms with Crippen molar-refractivity contribution < 1.29 is 22.8 Å². The molecule has 3 nitrogen and oxygen atoms in total. The van der Waals surface area contributed by atoms with Crippen LogP contribution in [-0.2, 0) is 16.0 Å². The third-order valence-electron chi connectivity index (χ3n) is 2.39. The number of nitrogens with zero attached hydrogens (tertiary/aromatic N) is 1. The van der Waals surface area contributed by atoms with Gasteiger partial charge in [-0.05, 0) is 29.3 Å². The molecule has 1 aromatic carbocycles. The van der Waals surface area contributed by atoms with Gasteiger partial charge in [-0.1, -0.05) is 18.2 Å². The third kappa shape index (κ3) is 4.38. The van der Waals surface area contributed by atoms with Crippen molar-refractivity contribution in [1.82, 2.24) is 0 Å². The lowest BCUT2D eigenvalue weighted by molar-refractivity contribution is -0.170. The maximum Gasteiger partial charge on any atom is 0.471 e. The normalized spacial score (nSPS) is 11.0. The van der Waals surface area contributed by atoms with E-state index >= 15 is 0 Å². The van der Waals surface area contributed by atoms with Crippen molar-refractivity contribution in [1.29, 1.82) is 0 Å². The highest BCUT2D eigenvalue weighted by atomic mass is 35.5. The van der Waals surface area contributed by atoms with Gasteiger partial charge in [0.2, 0.25) is 5.24 Å². The Morgan fingerprint density at radius 3 is 2.20 bits per heavy atom. The van der Waals surface area contributed by atoms with Gasteiger partial charge in [0.05, 0.1) is 0 Å². The lowest BCUT2D eigenvalue weighted by atomic mass is 10.1. The molecule has 108 valence electrons. The second-order valence-electron chi connectivity index (χ2n) is 3.90. The average Bonchev–Trinajstić information content (AvgIpc) is 2.34. The van der Waals surface area contributed by atoms with E-state index in [1.807, 2.05) is 0 Å². The molecular formula is C13H11ClF3NO2. The van der Waals surface area contributed by atoms with E-state index in [1.54, 1.807) is 0 Å². The van der Waals surface area contributed by atoms with Crippen LogP contribution in [0.2, 0.25) is 0 Å². The van der Waals surface area contributed by atoms with Crippen molar-refractivity contribution in [2.24, 2.45) is 0 Å². The zero-order valence-corrected chi connectivity index (χ0v) is 11.0. The molecule has 1 rings (SSSR count). The van der Waals surface area contributed by atoms with Gasteiger partial charge < -0.3 is 4.90 Å². The van der Waals surface area contributed by atoms with Crippen LogP contribution in [0.5, 0.6) is 0 Å². The Morgan fingerprint density at radius 1 is 1.25 bits per heavy atom. The fourth-order valence-electron chi connectivity index (χ4n) is 1.54. The Hall–Kier alpha value is -1.82. The molecule has 0 aliphatic rings. The molecule has 20 heavy (non-hydrogen) atoms. The van der Waals surface area contributed by atoms with Gasteiger partial charge in [-0.25, -0.2) is 0 Å². The van der Waals surface area contributed by atoms with E-state index in [0.29, 0.717) is 10.5 Å². The van der Waals surface area contributed by atoms with E-state index in [2.05, 4.69) is 6.58 Å². The Labute approximate surface area is 118 Å². The summed E-state index contributed by atoms with van der Waals surface area (Å²) in [6.07, 6.45) is -3.80. The van der Waals surface area contributed by atoms with E-state index in [1.165, 1.54) is 30.3 Å². The topological polar surface area (TPSA) is 37.4 Å². The van der Waals surface area contributed by atoms with Gasteiger partial charge in [0.1, 0.15) is 0 Å². The Bertz CT molecular complexity index is 511. The van der Waals surface area contributed by atoms with Crippen LogP contribution in [-0.4, -0.2) is 23.9 Å². The number of hydrogen-bond donors (Lipinski definition) is 0. The molecule has 0 fully saturated rings. The van der Waals surface area contributed by atoms with Crippen molar-refractivity contribution in [3.8, 4) is 0 Å². The molecule has 0 N–H and O–H groups in total. The number of amides is 1. The second kappa shape index (κ2) is 6.56. The predicted molar refractivity (Wildman–Crippen MR) is 69.6 cm³/mol. The summed E-state index contributed by atoms with van der Waals surface area (Å²) in [5, 5.41) is -0.577. The van der Waals surface area contributed by atoms with Crippen LogP contribution >= 0.6 is 11.6 Å². The van der Waals surface area contributed by atoms with Crippen LogP contribution in [0, 0.1) is 0 Å². The number of benzene rings is 1. The first-order valence-corrected chi connectivity index (χ1v) is 5.90. The summed E-state index contributed by atoms with van der Waals surface area (Å²) in [5.74, 6) is -1.97. The maximum atomic E-state index is 12.5. The van der Waals surface area contributed by atoms with Crippen molar-refractivity contribution in [3.63, 3.8) is 0 Å². The minimum atomic E-state index is -4.96. The van der Waals surface area contributed by atoms with Gasteiger partial charge in [0.15, 0.2) is 0 Å². The average molecular weight is 306 g/mol. The molecule has 1 amide bonds. The molecule has 0 aliphatic heterocycles. The van der Waals surface area contributed by atoms with Crippen LogP contribution < -0.4 is 4.90 Å². The van der Waals surface area contributed by atoms with Gasteiger partial charge >= 0.3 is 12.1 Å². The SMILES string of the molecule is C=CCN(C(=O)C(F)(F)F)c1ccc(CC(=O)Cl)cc1. The highest BCUT2D eigenvalue weighted by Crippen LogP contribution is 2.24. The molecule has 0 aromatic heterocycles. The summed E-state index contributed by atoms with van der Waals surface area (Å²) in [5.41, 5.74) is 0.616. The minimum absolute atomic E-state index is 0.0312. The van der Waals surface area contributed by atoms with Crippen LogP contribution in [0.15, 0.2) is 36.9 Å². The van der Waals surface area contributed by atoms with E-state index < -0.39 is 17.3 Å². The smallest absolute Gasteiger partial charge is 0.301 e. The zero-order chi connectivity index (χ0) is 15.3. The lowest BCUT2D eigenvalue weighted by Gasteiger charge is -2.22. The van der Waals surface area contributed by atoms with Gasteiger partial charge in [-0.15, -0.1) is 6.58 Å². The summed E-state index contributed by atoms with van der Waals surface area (Å²) < 4.78 is 37.4. The number of alkyl halides is 3. The number of rotatable bonds is 5. The molecular weight excluding hydrogens is 295 g/mol. The van der Waals surface area contributed by atoms with Crippen LogP contribution in [0.25, 0.3) is 0 Å². The first-order chi connectivity index (χ1) is 9.25. The maximum absolute atomic E-state index is 12.5. The van der Waals surface area contributed by atoms with Crippen LogP contribution in [0.1, 0.15) is 5.56 Å². The molecule has 0 radical (unpaired) electrons. The van der Waals surface area contributed by atoms with Gasteiger partial charge in [0.25, 0.3) is 0 Å². The Morgan fingerprint density at radius 2 is 1.80 bits per heavy atom. The zero-order valence-electron chi connectivity index (χ0n) is 10.3. The summed E-state index contributed by atoms with van der Waals surface area (Å²) in [7, 11) is 0. The summed E-state index contributed by atoms with van der Waals surface area (Å²) in [4.78, 5) is 22.6. The van der Waals surface area contributed by atoms with Crippen molar-refractivity contribution >= 4 is 28.4 Å². The standard InChI is InChI=1S/C13H11ClF3NO2/c1-2-7-18(12(20)13(15,16)17)10-5-3-9(4-6-10)8-11(14)19/h2-6H,1,7-8H2. The molecule has 0 heterocycles. The van der Waals surface area contributed by atoms with E-state index in [4.69, 9.17) is 11.6 Å². The minimum Gasteiger partial charge on any atom is -0.301 e. The number of anilines is 1. The number of carbonyl (C=O) groups excluding carboxylic acids is 2. The first-order valence-electron chi connectivity index (χ1n) is 5.52. The first kappa shape index (κ1) is 16.2. The van der Waals surface area contributed by atoms with Gasteiger partial charge in [-0.2, -0.15) is 13.2 Å². The monoisotopic (exact) mass is 305 g/mol. The summed E-state index contributed by atoms with van der Waals surface area (Å²) in [6, 6.07) is 5.52. The summed E-state index contributed by atoms with van der Waals surface area (Å²) >= 11 is 5.21. The Balaban J connectivity index is 3.01. The summed E-state index contributed by atoms with van der Waals surface area (Å²) in [6.45, 7) is 3.05. The predicted octanol–water partition coefficient (Wildman–Crippen LogP) is 3.08. The van der Waals surface area contributed by atoms with Gasteiger partial charge in [0, 0.05) is 18.7 Å². The molecule has 0 atom stereocenters. The second-order valence-corrected chi connectivity index (χ2v) is 4.32. The van der Waals surface area contributed by atoms with E-state index in [-0.39, 0.29) is 18.7 Å². The third-order valence-corrected chi connectivity index (χ3v) is 2.52. The molecule has 0 saturated carbocycles. The van der Waals surface area contributed by atoms with Crippen molar-refractivity contribution in [2.75, 3.05) is 11.4 Å². The number of carbonyl (C=O) groups is 2. The Kier molecular flexibility index (Phi) is 5.33. The fourth-order valence-corrected chi connectivity index (χ4v) is 1.70. The highest BCUT2D eigenvalue weighted by molar-refractivity contribution is 6.63. The van der Waals surface area contributed by atoms with E-state index in [0.717, 1.165) is 0 Å². The lowest BCUT2D eigenvalue weighted by Crippen LogP contribution is -2.41. The molecule has 0 aliphatic carbocycles. The largest absolute Gasteiger partial charge is 0.471 e. The molecule has 0 saturated heterocycles. The van der Waals surface area contributed by atoms with Crippen LogP contribution in [0.4, 0.5) is 18.9 Å². The molecule has 0 bridgehead atoms. The molecule has 1 aromatic rings. The quantitative estimate of drug-likeness (QED) is 0.619. The fraction of sp³-hybridized carbons (Fsp3) is 0.231. The number of hydrogen-bond acceptors (Lipinski definition) is 2. The molecule has 0 unspecified atom stereocenters. The molecule has 7 heteroatoms. The number of halogens is 4.